The van der Waals surface area contributed by atoms with Crippen molar-refractivity contribution < 1.29 is 4.39 Å². The molecule has 16 heavy (non-hydrogen) atoms. The molecule has 0 atom stereocenters. The summed E-state index contributed by atoms with van der Waals surface area (Å²) in [6, 6.07) is 0. The summed E-state index contributed by atoms with van der Waals surface area (Å²) >= 11 is 0. The van der Waals surface area contributed by atoms with E-state index in [1.165, 1.54) is 6.08 Å². The fourth-order valence-electron chi connectivity index (χ4n) is 1.18. The van der Waals surface area contributed by atoms with E-state index in [4.69, 9.17) is 0 Å². The standard InChI is InChI=1S/C15H21F/c1-7-9-11-14(16)13(4)15(5,6)12(3)10-8-2/h7-11H,3-4H2,1-2,5-6H3/b9-7-,10-8-,14-11+. The molecule has 0 nitrogen and oxygen atoms in total. The van der Waals surface area contributed by atoms with Crippen molar-refractivity contribution in [2.24, 2.45) is 5.41 Å². The zero-order valence-electron chi connectivity index (χ0n) is 10.7. The molecule has 0 aromatic heterocycles. The molecule has 88 valence electrons. The molecule has 0 bridgehead atoms. The predicted molar refractivity (Wildman–Crippen MR) is 70.9 cm³/mol. The smallest absolute Gasteiger partial charge is 0.126 e. The number of halogens is 1. The molecule has 0 aromatic carbocycles. The van der Waals surface area contributed by atoms with E-state index in [1.807, 2.05) is 39.8 Å². The lowest BCUT2D eigenvalue weighted by molar-refractivity contribution is 0.514. The Morgan fingerprint density at radius 3 is 2.12 bits per heavy atom. The molecule has 0 aromatic rings. The minimum absolute atomic E-state index is 0.297. The molecule has 0 aliphatic heterocycles. The van der Waals surface area contributed by atoms with Crippen LogP contribution in [0.25, 0.3) is 0 Å². The molecule has 0 saturated carbocycles. The monoisotopic (exact) mass is 220 g/mol. The van der Waals surface area contributed by atoms with E-state index in [9.17, 15) is 4.39 Å². The molecule has 0 unspecified atom stereocenters. The Bertz CT molecular complexity index is 352. The second-order valence-corrected chi connectivity index (χ2v) is 4.17. The Kier molecular flexibility index (Phi) is 5.73. The van der Waals surface area contributed by atoms with Crippen LogP contribution in [0.4, 0.5) is 4.39 Å². The van der Waals surface area contributed by atoms with Crippen LogP contribution >= 0.6 is 0 Å². The summed E-state index contributed by atoms with van der Waals surface area (Å²) in [7, 11) is 0. The van der Waals surface area contributed by atoms with Crippen molar-refractivity contribution in [3.05, 3.63) is 60.5 Å². The number of allylic oxidation sites excluding steroid dienone is 8. The Morgan fingerprint density at radius 1 is 1.12 bits per heavy atom. The third-order valence-electron chi connectivity index (χ3n) is 2.65. The van der Waals surface area contributed by atoms with Gasteiger partial charge in [0.2, 0.25) is 0 Å². The maximum atomic E-state index is 13.7. The first-order valence-electron chi connectivity index (χ1n) is 5.38. The van der Waals surface area contributed by atoms with Gasteiger partial charge in [-0.1, -0.05) is 51.3 Å². The second kappa shape index (κ2) is 6.26. The number of hydrogen-bond donors (Lipinski definition) is 0. The van der Waals surface area contributed by atoms with E-state index < -0.39 is 5.41 Å². The molecule has 0 heterocycles. The topological polar surface area (TPSA) is 0 Å². The zero-order valence-corrected chi connectivity index (χ0v) is 10.7. The van der Waals surface area contributed by atoms with E-state index in [0.29, 0.717) is 5.57 Å². The van der Waals surface area contributed by atoms with Gasteiger partial charge in [-0.3, -0.25) is 0 Å². The molecule has 0 saturated heterocycles. The highest BCUT2D eigenvalue weighted by molar-refractivity contribution is 5.40. The van der Waals surface area contributed by atoms with Crippen LogP contribution < -0.4 is 0 Å². The van der Waals surface area contributed by atoms with Crippen molar-refractivity contribution in [1.29, 1.82) is 0 Å². The van der Waals surface area contributed by atoms with Gasteiger partial charge >= 0.3 is 0 Å². The van der Waals surface area contributed by atoms with Crippen molar-refractivity contribution in [3.63, 3.8) is 0 Å². The highest BCUT2D eigenvalue weighted by Gasteiger charge is 2.26. The van der Waals surface area contributed by atoms with Gasteiger partial charge in [-0.05, 0) is 31.1 Å². The van der Waals surface area contributed by atoms with Crippen LogP contribution in [0, 0.1) is 5.41 Å². The molecular formula is C15H21F. The first-order chi connectivity index (χ1) is 7.37. The molecule has 0 rings (SSSR count). The largest absolute Gasteiger partial charge is 0.207 e. The quantitative estimate of drug-likeness (QED) is 0.563. The molecule has 0 fully saturated rings. The summed E-state index contributed by atoms with van der Waals surface area (Å²) in [6.45, 7) is 15.3. The van der Waals surface area contributed by atoms with E-state index >= 15 is 0 Å². The molecule has 0 aliphatic carbocycles. The third-order valence-corrected chi connectivity index (χ3v) is 2.65. The first kappa shape index (κ1) is 14.6. The van der Waals surface area contributed by atoms with Crippen LogP contribution in [-0.2, 0) is 0 Å². The molecule has 0 radical (unpaired) electrons. The zero-order chi connectivity index (χ0) is 12.8. The lowest BCUT2D eigenvalue weighted by Gasteiger charge is -2.27. The summed E-state index contributed by atoms with van der Waals surface area (Å²) in [5.41, 5.74) is 0.840. The second-order valence-electron chi connectivity index (χ2n) is 4.17. The van der Waals surface area contributed by atoms with Crippen molar-refractivity contribution >= 4 is 0 Å². The van der Waals surface area contributed by atoms with Crippen LogP contribution in [-0.4, -0.2) is 0 Å². The van der Waals surface area contributed by atoms with Gasteiger partial charge in [0.1, 0.15) is 5.83 Å². The van der Waals surface area contributed by atoms with Crippen LogP contribution in [0.3, 0.4) is 0 Å². The average molecular weight is 220 g/mol. The lowest BCUT2D eigenvalue weighted by Crippen LogP contribution is -2.16. The summed E-state index contributed by atoms with van der Waals surface area (Å²) in [5, 5.41) is 0. The van der Waals surface area contributed by atoms with Gasteiger partial charge in [0, 0.05) is 5.41 Å². The van der Waals surface area contributed by atoms with Crippen molar-refractivity contribution in [2.75, 3.05) is 0 Å². The number of hydrogen-bond acceptors (Lipinski definition) is 0. The van der Waals surface area contributed by atoms with E-state index in [2.05, 4.69) is 13.2 Å². The van der Waals surface area contributed by atoms with Crippen LogP contribution in [0.2, 0.25) is 0 Å². The molecule has 0 N–H and O–H groups in total. The normalized spacial score (nSPS) is 13.7. The predicted octanol–water partition coefficient (Wildman–Crippen LogP) is 5.13. The minimum atomic E-state index is -0.464. The van der Waals surface area contributed by atoms with Gasteiger partial charge < -0.3 is 0 Å². The summed E-state index contributed by atoms with van der Waals surface area (Å²) in [5.74, 6) is -0.297. The Hall–Kier alpha value is -1.37. The van der Waals surface area contributed by atoms with Crippen molar-refractivity contribution in [1.82, 2.24) is 0 Å². The molecule has 0 spiro atoms. The van der Waals surface area contributed by atoms with Crippen LogP contribution in [0.1, 0.15) is 27.7 Å². The Balaban J connectivity index is 5.03. The SMILES string of the molecule is C=C(/C=C\C)C(C)(C)C(=C)/C(F)=C\C=C/C. The van der Waals surface area contributed by atoms with Crippen LogP contribution in [0.15, 0.2) is 60.5 Å². The first-order valence-corrected chi connectivity index (χ1v) is 5.38. The van der Waals surface area contributed by atoms with Gasteiger partial charge in [0.05, 0.1) is 0 Å². The van der Waals surface area contributed by atoms with Gasteiger partial charge in [0.25, 0.3) is 0 Å². The van der Waals surface area contributed by atoms with Crippen molar-refractivity contribution in [2.45, 2.75) is 27.7 Å². The molecule has 0 aliphatic rings. The summed E-state index contributed by atoms with van der Waals surface area (Å²) in [4.78, 5) is 0. The Labute approximate surface area is 98.6 Å². The van der Waals surface area contributed by atoms with Crippen LogP contribution in [0.5, 0.6) is 0 Å². The molecule has 1 heteroatoms. The Morgan fingerprint density at radius 2 is 1.69 bits per heavy atom. The van der Waals surface area contributed by atoms with Crippen molar-refractivity contribution in [3.8, 4) is 0 Å². The summed E-state index contributed by atoms with van der Waals surface area (Å²) in [6.07, 6.45) is 8.64. The number of rotatable bonds is 5. The van der Waals surface area contributed by atoms with Gasteiger partial charge in [0.15, 0.2) is 0 Å². The highest BCUT2D eigenvalue weighted by atomic mass is 19.1. The summed E-state index contributed by atoms with van der Waals surface area (Å²) < 4.78 is 13.7. The third kappa shape index (κ3) is 3.65. The average Bonchev–Trinajstić information content (AvgIpc) is 2.24. The fourth-order valence-corrected chi connectivity index (χ4v) is 1.18. The van der Waals surface area contributed by atoms with Gasteiger partial charge in [-0.15, -0.1) is 0 Å². The molecule has 0 amide bonds. The van der Waals surface area contributed by atoms with E-state index in [1.54, 1.807) is 12.2 Å². The fraction of sp³-hybridized carbons (Fsp3) is 0.333. The maximum absolute atomic E-state index is 13.7. The highest BCUT2D eigenvalue weighted by Crippen LogP contribution is 2.37. The van der Waals surface area contributed by atoms with E-state index in [-0.39, 0.29) is 5.83 Å². The lowest BCUT2D eigenvalue weighted by atomic mass is 9.77. The van der Waals surface area contributed by atoms with Gasteiger partial charge in [-0.2, -0.15) is 0 Å². The minimum Gasteiger partial charge on any atom is -0.207 e. The molecular weight excluding hydrogens is 199 g/mol. The van der Waals surface area contributed by atoms with E-state index in [0.717, 1.165) is 5.57 Å². The maximum Gasteiger partial charge on any atom is 0.126 e. The van der Waals surface area contributed by atoms with Gasteiger partial charge in [-0.25, -0.2) is 4.39 Å².